The van der Waals surface area contributed by atoms with Gasteiger partial charge in [0.1, 0.15) is 0 Å². The minimum absolute atomic E-state index is 0. The minimum atomic E-state index is -1.86. The van der Waals surface area contributed by atoms with E-state index in [0.717, 1.165) is 73.4 Å². The maximum Gasteiger partial charge on any atom is 0.216 e. The van der Waals surface area contributed by atoms with Gasteiger partial charge in [0.05, 0.1) is 22.4 Å². The van der Waals surface area contributed by atoms with Gasteiger partial charge in [0.2, 0.25) is 5.71 Å². The van der Waals surface area contributed by atoms with E-state index in [4.69, 9.17) is 19.4 Å². The Bertz CT molecular complexity index is 2690. The van der Waals surface area contributed by atoms with E-state index in [1.165, 1.54) is 11.1 Å². The average molecular weight is 1010 g/mol. The summed E-state index contributed by atoms with van der Waals surface area (Å²) in [6.07, 6.45) is 3.27. The van der Waals surface area contributed by atoms with Gasteiger partial charge in [-0.05, 0) is 47.4 Å². The Kier molecular flexibility index (Phi) is 12.5. The second-order valence-electron chi connectivity index (χ2n) is 18.9. The van der Waals surface area contributed by atoms with Crippen molar-refractivity contribution in [1.29, 1.82) is 0 Å². The third-order valence-corrected chi connectivity index (χ3v) is 14.9. The fraction of sp³-hybridized carbons (Fsp3) is 0.314. The third kappa shape index (κ3) is 8.95. The van der Waals surface area contributed by atoms with Crippen LogP contribution >= 0.6 is 0 Å². The van der Waals surface area contributed by atoms with Crippen molar-refractivity contribution in [3.63, 3.8) is 0 Å². The molecular formula is C51H56GeIrN4O-2. The summed E-state index contributed by atoms with van der Waals surface area (Å²) in [5.74, 6) is 8.80. The maximum absolute atomic E-state index is 6.51. The van der Waals surface area contributed by atoms with Gasteiger partial charge >= 0.3 is 126 Å². The molecule has 0 fully saturated rings. The fourth-order valence-electron chi connectivity index (χ4n) is 7.49. The molecule has 4 aromatic heterocycles. The van der Waals surface area contributed by atoms with Gasteiger partial charge in [-0.15, -0.1) is 17.7 Å². The summed E-state index contributed by atoms with van der Waals surface area (Å²) in [6, 6.07) is 40.5. The summed E-state index contributed by atoms with van der Waals surface area (Å²) in [7, 11) is 0. The van der Waals surface area contributed by atoms with Crippen LogP contribution in [0.3, 0.4) is 0 Å². The van der Waals surface area contributed by atoms with E-state index in [9.17, 15) is 0 Å². The summed E-state index contributed by atoms with van der Waals surface area (Å²) in [5.41, 5.74) is 12.4. The Morgan fingerprint density at radius 3 is 2.16 bits per heavy atom. The van der Waals surface area contributed by atoms with Gasteiger partial charge in [-0.2, -0.15) is 0 Å². The predicted octanol–water partition coefficient (Wildman–Crippen LogP) is 13.0. The van der Waals surface area contributed by atoms with Crippen molar-refractivity contribution in [2.24, 2.45) is 5.92 Å². The summed E-state index contributed by atoms with van der Waals surface area (Å²) in [5, 5.41) is 2.09. The summed E-state index contributed by atoms with van der Waals surface area (Å²) >= 11 is -1.86. The molecule has 8 rings (SSSR count). The molecule has 1 radical (unpaired) electrons. The Morgan fingerprint density at radius 2 is 1.52 bits per heavy atom. The standard InChI is InChI=1S/C33H32N3O.C18H24GeN.Ir/c1-20-12-17-24(29-28(20)23-18-19-27(33(5,6)7)35-31(23)37-29)30-34-25-10-8-9-11-26(25)36(30)22-15-13-21(14-16-22)32(2,3)4;1-14(2)11-16-12-18(15-9-7-6-8-10-15)20-13-17(16)19(3,4)5;/h8-16,18-19H,1-7H3;6-9,12-14H,11H2,1-5H3;/q2*-1;. The Morgan fingerprint density at radius 1 is 0.810 bits per heavy atom. The normalized spacial score (nSPS) is 12.2. The van der Waals surface area contributed by atoms with Crippen LogP contribution in [0.4, 0.5) is 0 Å². The van der Waals surface area contributed by atoms with Gasteiger partial charge in [0.15, 0.2) is 0 Å². The zero-order valence-corrected chi connectivity index (χ0v) is 40.6. The Hall–Kier alpha value is -4.36. The number of fused-ring (bicyclic) bond motifs is 4. The van der Waals surface area contributed by atoms with E-state index < -0.39 is 13.3 Å². The van der Waals surface area contributed by atoms with Crippen LogP contribution in [0.2, 0.25) is 17.3 Å². The van der Waals surface area contributed by atoms with Crippen LogP contribution in [0.25, 0.3) is 61.4 Å². The number of hydrogen-bond donors (Lipinski definition) is 0. The third-order valence-electron chi connectivity index (χ3n) is 10.6. The van der Waals surface area contributed by atoms with Crippen molar-refractivity contribution >= 4 is 50.8 Å². The maximum atomic E-state index is 6.51. The molecule has 301 valence electrons. The number of furan rings is 1. The molecule has 0 aliphatic rings. The van der Waals surface area contributed by atoms with Crippen LogP contribution in [0.1, 0.15) is 77.8 Å². The minimum Gasteiger partial charge on any atom is -0.486 e. The molecule has 0 unspecified atom stereocenters. The molecule has 5 nitrogen and oxygen atoms in total. The molecule has 0 aliphatic carbocycles. The number of pyridine rings is 2. The zero-order valence-electron chi connectivity index (χ0n) is 36.1. The average Bonchev–Trinajstić information content (AvgIpc) is 3.74. The van der Waals surface area contributed by atoms with E-state index in [1.807, 2.05) is 30.3 Å². The second-order valence-corrected chi connectivity index (χ2v) is 29.4. The van der Waals surface area contributed by atoms with E-state index in [-0.39, 0.29) is 30.9 Å². The first-order valence-corrected chi connectivity index (χ1v) is 27.5. The van der Waals surface area contributed by atoms with Crippen molar-refractivity contribution in [3.8, 4) is 28.3 Å². The van der Waals surface area contributed by atoms with E-state index in [1.54, 1.807) is 4.40 Å². The summed E-state index contributed by atoms with van der Waals surface area (Å²) < 4.78 is 10.3. The van der Waals surface area contributed by atoms with Crippen LogP contribution in [0, 0.1) is 25.0 Å². The first kappa shape index (κ1) is 43.2. The number of hydrogen-bond acceptors (Lipinski definition) is 4. The molecule has 0 aliphatic heterocycles. The van der Waals surface area contributed by atoms with Crippen molar-refractivity contribution in [3.05, 3.63) is 138 Å². The van der Waals surface area contributed by atoms with Crippen molar-refractivity contribution in [1.82, 2.24) is 19.5 Å². The van der Waals surface area contributed by atoms with Crippen LogP contribution < -0.4 is 4.40 Å². The second kappa shape index (κ2) is 16.7. The van der Waals surface area contributed by atoms with Gasteiger partial charge < -0.3 is 8.98 Å². The number of aryl methyl sites for hydroxylation is 1. The van der Waals surface area contributed by atoms with E-state index >= 15 is 0 Å². The van der Waals surface area contributed by atoms with Gasteiger partial charge in [-0.1, -0.05) is 83.7 Å². The number of rotatable bonds is 6. The first-order valence-electron chi connectivity index (χ1n) is 20.2. The Labute approximate surface area is 361 Å². The summed E-state index contributed by atoms with van der Waals surface area (Å²) in [4.78, 5) is 14.7. The molecule has 0 saturated heterocycles. The largest absolute Gasteiger partial charge is 0.486 e. The predicted molar refractivity (Wildman–Crippen MR) is 243 cm³/mol. The monoisotopic (exact) mass is 1010 g/mol. The molecule has 0 bridgehead atoms. The quantitative estimate of drug-likeness (QED) is 0.123. The fourth-order valence-corrected chi connectivity index (χ4v) is 10.8. The molecule has 0 saturated carbocycles. The first-order chi connectivity index (χ1) is 26.9. The molecule has 0 spiro atoms. The van der Waals surface area contributed by atoms with Crippen LogP contribution in [-0.2, 0) is 37.4 Å². The molecule has 8 aromatic rings. The molecule has 0 amide bonds. The van der Waals surface area contributed by atoms with E-state index in [0.29, 0.717) is 11.6 Å². The summed E-state index contributed by atoms with van der Waals surface area (Å²) in [6.45, 7) is 19.9. The van der Waals surface area contributed by atoms with Crippen LogP contribution in [0.15, 0.2) is 108 Å². The topological polar surface area (TPSA) is 56.7 Å². The molecular weight excluding hydrogens is 949 g/mol. The number of imidazole rings is 1. The van der Waals surface area contributed by atoms with Crippen molar-refractivity contribution < 1.29 is 24.5 Å². The molecule has 0 atom stereocenters. The van der Waals surface area contributed by atoms with Gasteiger partial charge in [-0.25, -0.2) is 4.98 Å². The molecule has 0 N–H and O–H groups in total. The molecule has 4 aromatic carbocycles. The van der Waals surface area contributed by atoms with E-state index in [2.05, 4.69) is 169 Å². The smallest absolute Gasteiger partial charge is 0.216 e. The molecule has 4 heterocycles. The Balaban J connectivity index is 0.000000230. The zero-order chi connectivity index (χ0) is 40.9. The molecule has 58 heavy (non-hydrogen) atoms. The van der Waals surface area contributed by atoms with Crippen LogP contribution in [0.5, 0.6) is 0 Å². The van der Waals surface area contributed by atoms with Gasteiger partial charge in [0.25, 0.3) is 0 Å². The van der Waals surface area contributed by atoms with Crippen molar-refractivity contribution in [2.45, 2.75) is 96.8 Å². The number of nitrogens with zero attached hydrogens (tertiary/aromatic N) is 4. The molecule has 7 heteroatoms. The number of aromatic nitrogens is 4. The number of para-hydroxylation sites is 2. The van der Waals surface area contributed by atoms with Gasteiger partial charge in [0, 0.05) is 42.3 Å². The van der Waals surface area contributed by atoms with Gasteiger partial charge in [-0.3, -0.25) is 4.98 Å². The van der Waals surface area contributed by atoms with Crippen molar-refractivity contribution in [2.75, 3.05) is 0 Å². The number of benzene rings is 4. The van der Waals surface area contributed by atoms with Crippen LogP contribution in [-0.4, -0.2) is 32.8 Å². The SMILES string of the molecule is CC(C)Cc1cc(-c2[c-]cccc2)nc[c]1[Ge]([CH3])([CH3])[CH3].Cc1c[c-]c(-c2nc3ccccc3n2-c2ccc(C(C)(C)C)cc2)c2oc3nc(C(C)(C)C)ccc3c12.[Ir].